The van der Waals surface area contributed by atoms with Crippen LogP contribution in [0.25, 0.3) is 0 Å². The van der Waals surface area contributed by atoms with Crippen LogP contribution in [0.2, 0.25) is 0 Å². The van der Waals surface area contributed by atoms with Crippen LogP contribution in [0.15, 0.2) is 138 Å². The van der Waals surface area contributed by atoms with E-state index in [1.165, 1.54) is 90.9 Å². The number of halogens is 6. The van der Waals surface area contributed by atoms with E-state index >= 15 is 0 Å². The van der Waals surface area contributed by atoms with Gasteiger partial charge in [-0.15, -0.1) is 12.3 Å². The van der Waals surface area contributed by atoms with Crippen LogP contribution in [-0.2, 0) is 87.3 Å². The van der Waals surface area contributed by atoms with Gasteiger partial charge in [0.05, 0.1) is 35.0 Å². The van der Waals surface area contributed by atoms with Crippen LogP contribution in [0.3, 0.4) is 0 Å². The Balaban J connectivity index is 0.00000132. The number of nitrogens with two attached hydrogens (primary N) is 1. The summed E-state index contributed by atoms with van der Waals surface area (Å²) in [6, 6.07) is 37.4. The van der Waals surface area contributed by atoms with E-state index in [0.29, 0.717) is 51.5 Å². The SMILES string of the molecule is C#CCCCO.CC(C)(C)OC(=O)Nc1cc(Br)ccc1F.CC(C)(C)OC(=O)Nc1cc(C#CCCCO)ccc1F.CC(C)(C)OC(=O)Nc1cc(CO)ccc1F.CC(C)(C)c1ccc(C(=O)Nc2cc3c(cc2F)CCCCC3)cc1.CC(C)(C)c1ccccc1.Nc1cc2c(cc1F)CCCCC2.O=C=O.[CH3-].[Pd]. The average molecular weight is 1730 g/mol. The Labute approximate surface area is 688 Å². The van der Waals surface area contributed by atoms with E-state index in [2.05, 4.69) is 127 Å². The van der Waals surface area contributed by atoms with Crippen LogP contribution >= 0.6 is 15.9 Å². The van der Waals surface area contributed by atoms with Crippen molar-refractivity contribution in [2.75, 3.05) is 40.2 Å². The molecule has 0 radical (unpaired) electrons. The number of aryl methyl sites for hydroxylation is 4. The number of fused-ring (bicyclic) bond motifs is 2. The number of amides is 4. The van der Waals surface area contributed by atoms with Crippen LogP contribution in [0.4, 0.5) is 64.8 Å². The predicted molar refractivity (Wildman–Crippen MR) is 440 cm³/mol. The zero-order chi connectivity index (χ0) is 83.7. The molecule has 0 fully saturated rings. The van der Waals surface area contributed by atoms with Crippen molar-refractivity contribution in [3.05, 3.63) is 225 Å². The number of nitrogen functional groups attached to an aromatic ring is 1. The monoisotopic (exact) mass is 1720 g/mol. The number of unbranched alkanes of at least 4 members (excludes halogenated alkanes) is 2. The second kappa shape index (κ2) is 52.2. The molecule has 9 rings (SSSR count). The largest absolute Gasteiger partial charge is 0.444 e. The molecule has 4 amide bonds. The van der Waals surface area contributed by atoms with Gasteiger partial charge in [0.2, 0.25) is 0 Å². The topological polar surface area (TPSA) is 265 Å². The molecule has 0 bridgehead atoms. The number of hydrogen-bond donors (Lipinski definition) is 8. The van der Waals surface area contributed by atoms with Crippen molar-refractivity contribution in [1.29, 1.82) is 0 Å². The molecule has 113 heavy (non-hydrogen) atoms. The first-order valence-electron chi connectivity index (χ1n) is 36.6. The number of aliphatic hydroxyl groups excluding tert-OH is 3. The molecule has 7 aromatic carbocycles. The Hall–Kier alpha value is -9.21. The molecule has 0 unspecified atom stereocenters. The summed E-state index contributed by atoms with van der Waals surface area (Å²) in [5, 5.41) is 35.4. The van der Waals surface area contributed by atoms with Crippen molar-refractivity contribution >= 4 is 74.7 Å². The molecule has 0 spiro atoms. The zero-order valence-corrected chi connectivity index (χ0v) is 71.1. The van der Waals surface area contributed by atoms with Gasteiger partial charge in [-0.3, -0.25) is 20.7 Å². The van der Waals surface area contributed by atoms with Crippen molar-refractivity contribution in [1.82, 2.24) is 0 Å². The molecule has 2 aliphatic rings. The van der Waals surface area contributed by atoms with E-state index in [-0.39, 0.29) is 99.5 Å². The van der Waals surface area contributed by atoms with Gasteiger partial charge in [0, 0.05) is 62.1 Å². The number of rotatable bonds is 10. The molecule has 0 atom stereocenters. The molecule has 24 heteroatoms. The number of terminal acetylenes is 1. The van der Waals surface area contributed by atoms with Crippen LogP contribution in [0.5, 0.6) is 0 Å². The second-order valence-electron chi connectivity index (χ2n) is 30.7. The third-order valence-corrected chi connectivity index (χ3v) is 16.0. The number of benzene rings is 7. The van der Waals surface area contributed by atoms with Crippen molar-refractivity contribution in [2.24, 2.45) is 0 Å². The summed E-state index contributed by atoms with van der Waals surface area (Å²) in [4.78, 5) is 63.2. The quantitative estimate of drug-likeness (QED) is 0.00927. The summed E-state index contributed by atoms with van der Waals surface area (Å²) in [6.45, 7) is 28.7. The first-order chi connectivity index (χ1) is 52.0. The molecular formula is C89H114BrF5N5O12Pd-. The van der Waals surface area contributed by atoms with Gasteiger partial charge in [-0.25, -0.2) is 36.3 Å². The Morgan fingerprint density at radius 3 is 1.28 bits per heavy atom. The van der Waals surface area contributed by atoms with Crippen molar-refractivity contribution < 1.29 is 101 Å². The summed E-state index contributed by atoms with van der Waals surface area (Å²) >= 11 is 3.19. The first kappa shape index (κ1) is 104. The summed E-state index contributed by atoms with van der Waals surface area (Å²) in [7, 11) is 0. The Morgan fingerprint density at radius 1 is 0.478 bits per heavy atom. The molecule has 0 saturated heterocycles. The molecule has 0 heterocycles. The van der Waals surface area contributed by atoms with Crippen LogP contribution < -0.4 is 27.0 Å². The minimum absolute atomic E-state index is 0. The number of aliphatic hydroxyl groups is 3. The van der Waals surface area contributed by atoms with Gasteiger partial charge in [-0.05, 0) is 261 Å². The maximum absolute atomic E-state index is 14.4. The van der Waals surface area contributed by atoms with Crippen molar-refractivity contribution in [3.63, 3.8) is 0 Å². The Kier molecular flexibility index (Phi) is 48.0. The first-order valence-corrected chi connectivity index (χ1v) is 37.4. The predicted octanol–water partition coefficient (Wildman–Crippen LogP) is 21.5. The summed E-state index contributed by atoms with van der Waals surface area (Å²) in [5.74, 6) is 5.61. The van der Waals surface area contributed by atoms with Crippen LogP contribution in [0.1, 0.15) is 223 Å². The van der Waals surface area contributed by atoms with E-state index in [4.69, 9.17) is 51.3 Å². The molecule has 0 aromatic heterocycles. The van der Waals surface area contributed by atoms with Gasteiger partial charge in [-0.1, -0.05) is 131 Å². The van der Waals surface area contributed by atoms with Gasteiger partial charge in [-0.2, -0.15) is 9.59 Å². The molecule has 9 N–H and O–H groups in total. The van der Waals surface area contributed by atoms with E-state index in [1.54, 1.807) is 98.7 Å². The number of carbonyl (C=O) groups is 4. The number of ether oxygens (including phenoxy) is 3. The third kappa shape index (κ3) is 44.2. The Morgan fingerprint density at radius 2 is 0.867 bits per heavy atom. The van der Waals surface area contributed by atoms with Gasteiger partial charge in [0.25, 0.3) is 5.91 Å². The summed E-state index contributed by atoms with van der Waals surface area (Å²) < 4.78 is 83.5. The van der Waals surface area contributed by atoms with E-state index in [1.807, 2.05) is 18.2 Å². The molecule has 0 aliphatic heterocycles. The molecule has 17 nitrogen and oxygen atoms in total. The van der Waals surface area contributed by atoms with Crippen molar-refractivity contribution in [3.8, 4) is 24.2 Å². The molecule has 620 valence electrons. The van der Waals surface area contributed by atoms with Gasteiger partial charge < -0.3 is 48.0 Å². The minimum Gasteiger partial charge on any atom is -0.444 e. The summed E-state index contributed by atoms with van der Waals surface area (Å²) in [5.41, 5.74) is 13.5. The average Bonchev–Trinajstić information content (AvgIpc) is 1.89. The minimum atomic E-state index is -0.730. The van der Waals surface area contributed by atoms with Crippen LogP contribution in [-0.4, -0.2) is 75.7 Å². The van der Waals surface area contributed by atoms with Crippen LogP contribution in [0, 0.1) is 60.7 Å². The smallest absolute Gasteiger partial charge is 0.412 e. The van der Waals surface area contributed by atoms with E-state index in [9.17, 15) is 41.1 Å². The molecular weight excluding hydrogens is 1610 g/mol. The van der Waals surface area contributed by atoms with E-state index < -0.39 is 52.5 Å². The number of anilines is 5. The maximum Gasteiger partial charge on any atom is 0.412 e. The fourth-order valence-electron chi connectivity index (χ4n) is 10.0. The van der Waals surface area contributed by atoms with Gasteiger partial charge >= 0.3 is 24.4 Å². The van der Waals surface area contributed by atoms with Gasteiger partial charge in [0.15, 0.2) is 0 Å². The number of carbonyl (C=O) groups excluding carboxylic acids is 6. The zero-order valence-electron chi connectivity index (χ0n) is 68.0. The second-order valence-corrected chi connectivity index (χ2v) is 31.6. The fraction of sp³-hybridized carbons (Fsp3) is 0.416. The maximum atomic E-state index is 14.4. The summed E-state index contributed by atoms with van der Waals surface area (Å²) in [6.07, 6.45) is 16.5. The normalized spacial score (nSPS) is 11.8. The van der Waals surface area contributed by atoms with E-state index in [0.717, 1.165) is 61.6 Å². The Bertz CT molecular complexity index is 4190. The molecule has 7 aromatic rings. The van der Waals surface area contributed by atoms with Crippen molar-refractivity contribution in [2.45, 2.75) is 228 Å². The third-order valence-electron chi connectivity index (χ3n) is 15.5. The molecule has 2 aliphatic carbocycles. The number of nitrogens with one attached hydrogen (secondary N) is 4. The fourth-order valence-corrected chi connectivity index (χ4v) is 10.4. The molecule has 0 saturated carbocycles. The van der Waals surface area contributed by atoms with Gasteiger partial charge in [0.1, 0.15) is 45.9 Å². The number of hydrogen-bond acceptors (Lipinski definition) is 13. The standard InChI is InChI=1S/C22H26FNO.C16H20FNO3.C12H16FNO3.C11H13BrFNO2.C11H14FN.C10H14.C5H8O.CO2.CH3.Pd/c1-22(2,3)18-11-9-15(10-12-18)21(25)24-20-14-17-8-6-4-5-7-16(17)13-19(20)23;1-16(2,3)21-15(20)18-14-11-12(8-9-13(14)17)7-5-4-6-10-19;1-12(2,3)17-11(16)14-10-6-8(7-15)4-5-9(10)13;1-11(2,3)16-10(15)14-9-6-7(12)4-5-8(9)13;12-10-6-8-4-2-1-3-5-9(8)7-11(10)13;1-10(2,3)9-7-5-4-6-8-9;1-2-3-4-5-6;2-1-3;;/h9-14H,4-8H2,1-3H3,(H,24,25);8-9,11,19H,4,6,10H2,1-3H3,(H,18,20);4-6,15H,7H2,1-3H3,(H,14,16);4-6H,1-3H3,(H,14,15);6-7H,1-5,13H2;4-8H,1-3H3;1,6H,3-5H2;;1H3;/q;;;;;;;;-1;.